The van der Waals surface area contributed by atoms with E-state index in [1.165, 1.54) is 0 Å². The third-order valence-electron chi connectivity index (χ3n) is 4.47. The van der Waals surface area contributed by atoms with E-state index in [9.17, 15) is 9.59 Å². The van der Waals surface area contributed by atoms with Crippen LogP contribution in [0.2, 0.25) is 0 Å². The lowest BCUT2D eigenvalue weighted by atomic mass is 9.96. The van der Waals surface area contributed by atoms with Crippen LogP contribution in [0.4, 0.5) is 5.69 Å². The molecule has 1 heterocycles. The fourth-order valence-electron chi connectivity index (χ4n) is 3.03. The summed E-state index contributed by atoms with van der Waals surface area (Å²) in [4.78, 5) is 26.9. The van der Waals surface area contributed by atoms with Gasteiger partial charge in [-0.25, -0.2) is 0 Å². The van der Waals surface area contributed by atoms with E-state index >= 15 is 0 Å². The van der Waals surface area contributed by atoms with Crippen molar-refractivity contribution in [1.82, 2.24) is 5.32 Å². The van der Waals surface area contributed by atoms with E-state index in [-0.39, 0.29) is 11.8 Å². The molecule has 2 amide bonds. The van der Waals surface area contributed by atoms with Crippen LogP contribution in [0.25, 0.3) is 0 Å². The molecule has 1 aliphatic heterocycles. The van der Waals surface area contributed by atoms with E-state index in [4.69, 9.17) is 4.74 Å². The molecule has 0 spiro atoms. The standard InChI is InChI=1S/C18H26N2O3/c1-13-6-7-14(2)15(12-13)20-16(21)8-9-18(20,3)17(22)19-10-5-11-23-4/h6-7,12H,5,8-11H2,1-4H3,(H,19,22). The summed E-state index contributed by atoms with van der Waals surface area (Å²) < 4.78 is 4.99. The minimum absolute atomic E-state index is 0.00763. The maximum atomic E-state index is 12.7. The van der Waals surface area contributed by atoms with Crippen molar-refractivity contribution in [3.8, 4) is 0 Å². The number of benzene rings is 1. The SMILES string of the molecule is COCCCNC(=O)C1(C)CCC(=O)N1c1cc(C)ccc1C. The number of methoxy groups -OCH3 is 1. The van der Waals surface area contributed by atoms with Crippen molar-refractivity contribution >= 4 is 17.5 Å². The smallest absolute Gasteiger partial charge is 0.246 e. The Labute approximate surface area is 138 Å². The second kappa shape index (κ2) is 7.13. The van der Waals surface area contributed by atoms with Crippen LogP contribution in [0.1, 0.15) is 37.3 Å². The minimum atomic E-state index is -0.831. The molecule has 2 rings (SSSR count). The molecule has 1 fully saturated rings. The second-order valence-corrected chi connectivity index (χ2v) is 6.40. The highest BCUT2D eigenvalue weighted by Gasteiger charge is 2.48. The number of carbonyl (C=O) groups is 2. The van der Waals surface area contributed by atoms with Crippen LogP contribution in [0.5, 0.6) is 0 Å². The number of amides is 2. The Morgan fingerprint density at radius 3 is 2.83 bits per heavy atom. The summed E-state index contributed by atoms with van der Waals surface area (Å²) in [6.45, 7) is 6.97. The van der Waals surface area contributed by atoms with Gasteiger partial charge in [0, 0.05) is 32.4 Å². The monoisotopic (exact) mass is 318 g/mol. The average Bonchev–Trinajstić information content (AvgIpc) is 2.82. The number of hydrogen-bond donors (Lipinski definition) is 1. The lowest BCUT2D eigenvalue weighted by Crippen LogP contribution is -2.55. The molecular formula is C18H26N2O3. The number of anilines is 1. The number of ether oxygens (including phenoxy) is 1. The molecule has 1 aliphatic rings. The molecule has 5 heteroatoms. The van der Waals surface area contributed by atoms with Crippen LogP contribution in [0.3, 0.4) is 0 Å². The Morgan fingerprint density at radius 1 is 1.39 bits per heavy atom. The highest BCUT2D eigenvalue weighted by Crippen LogP contribution is 2.37. The molecule has 0 aromatic heterocycles. The van der Waals surface area contributed by atoms with Crippen LogP contribution in [-0.2, 0) is 14.3 Å². The van der Waals surface area contributed by atoms with Crippen molar-refractivity contribution in [3.05, 3.63) is 29.3 Å². The van der Waals surface area contributed by atoms with Crippen LogP contribution < -0.4 is 10.2 Å². The second-order valence-electron chi connectivity index (χ2n) is 6.40. The molecule has 1 saturated heterocycles. The summed E-state index contributed by atoms with van der Waals surface area (Å²) in [6, 6.07) is 5.99. The minimum Gasteiger partial charge on any atom is -0.385 e. The third-order valence-corrected chi connectivity index (χ3v) is 4.47. The largest absolute Gasteiger partial charge is 0.385 e. The number of nitrogens with zero attached hydrogens (tertiary/aromatic N) is 1. The molecular weight excluding hydrogens is 292 g/mol. The fourth-order valence-corrected chi connectivity index (χ4v) is 3.03. The average molecular weight is 318 g/mol. The van der Waals surface area contributed by atoms with Crippen LogP contribution in [0.15, 0.2) is 18.2 Å². The molecule has 0 radical (unpaired) electrons. The molecule has 1 aromatic rings. The van der Waals surface area contributed by atoms with Gasteiger partial charge in [-0.2, -0.15) is 0 Å². The topological polar surface area (TPSA) is 58.6 Å². The van der Waals surface area contributed by atoms with Gasteiger partial charge in [0.05, 0.1) is 0 Å². The molecule has 1 atom stereocenters. The molecule has 1 N–H and O–H groups in total. The quantitative estimate of drug-likeness (QED) is 0.819. The third kappa shape index (κ3) is 3.55. The van der Waals surface area contributed by atoms with Gasteiger partial charge in [0.1, 0.15) is 5.54 Å². The zero-order valence-corrected chi connectivity index (χ0v) is 14.4. The van der Waals surface area contributed by atoms with Crippen molar-refractivity contribution < 1.29 is 14.3 Å². The molecule has 5 nitrogen and oxygen atoms in total. The normalized spacial score (nSPS) is 20.9. The molecule has 126 valence electrons. The first-order chi connectivity index (χ1) is 10.9. The van der Waals surface area contributed by atoms with Crippen LogP contribution in [-0.4, -0.2) is 37.6 Å². The Balaban J connectivity index is 2.24. The number of aryl methyl sites for hydroxylation is 2. The molecule has 23 heavy (non-hydrogen) atoms. The Morgan fingerprint density at radius 2 is 2.13 bits per heavy atom. The molecule has 0 bridgehead atoms. The van der Waals surface area contributed by atoms with E-state index in [1.807, 2.05) is 39.0 Å². The lowest BCUT2D eigenvalue weighted by molar-refractivity contribution is -0.127. The Kier molecular flexibility index (Phi) is 5.42. The summed E-state index contributed by atoms with van der Waals surface area (Å²) in [6.07, 6.45) is 1.69. The maximum Gasteiger partial charge on any atom is 0.246 e. The molecule has 1 aromatic carbocycles. The number of rotatable bonds is 6. The first kappa shape index (κ1) is 17.5. The summed E-state index contributed by atoms with van der Waals surface area (Å²) in [5.74, 6) is -0.0893. The molecule has 1 unspecified atom stereocenters. The zero-order chi connectivity index (χ0) is 17.0. The fraction of sp³-hybridized carbons (Fsp3) is 0.556. The van der Waals surface area contributed by atoms with Crippen molar-refractivity contribution in [2.45, 2.75) is 45.6 Å². The maximum absolute atomic E-state index is 12.7. The van der Waals surface area contributed by atoms with Gasteiger partial charge in [-0.05, 0) is 50.8 Å². The summed E-state index contributed by atoms with van der Waals surface area (Å²) in [5.41, 5.74) is 2.09. The van der Waals surface area contributed by atoms with Crippen molar-refractivity contribution in [2.24, 2.45) is 0 Å². The first-order valence-electron chi connectivity index (χ1n) is 8.07. The highest BCUT2D eigenvalue weighted by atomic mass is 16.5. The van der Waals surface area contributed by atoms with E-state index in [2.05, 4.69) is 5.32 Å². The summed E-state index contributed by atoms with van der Waals surface area (Å²) in [7, 11) is 1.64. The summed E-state index contributed by atoms with van der Waals surface area (Å²) >= 11 is 0. The first-order valence-corrected chi connectivity index (χ1v) is 8.07. The van der Waals surface area contributed by atoms with Gasteiger partial charge >= 0.3 is 0 Å². The van der Waals surface area contributed by atoms with Gasteiger partial charge in [-0.15, -0.1) is 0 Å². The van der Waals surface area contributed by atoms with Gasteiger partial charge in [0.25, 0.3) is 0 Å². The predicted octanol–water partition coefficient (Wildman–Crippen LogP) is 2.34. The highest BCUT2D eigenvalue weighted by molar-refractivity contribution is 6.07. The van der Waals surface area contributed by atoms with Gasteiger partial charge in [-0.1, -0.05) is 12.1 Å². The Hall–Kier alpha value is -1.88. The van der Waals surface area contributed by atoms with Crippen LogP contribution >= 0.6 is 0 Å². The van der Waals surface area contributed by atoms with Crippen LogP contribution in [0, 0.1) is 13.8 Å². The van der Waals surface area contributed by atoms with E-state index in [0.717, 1.165) is 23.2 Å². The number of nitrogens with one attached hydrogen (secondary N) is 1. The summed E-state index contributed by atoms with van der Waals surface area (Å²) in [5, 5.41) is 2.94. The van der Waals surface area contributed by atoms with Gasteiger partial charge in [0.15, 0.2) is 0 Å². The molecule has 0 aliphatic carbocycles. The van der Waals surface area contributed by atoms with E-state index in [0.29, 0.717) is 26.0 Å². The van der Waals surface area contributed by atoms with Crippen molar-refractivity contribution in [1.29, 1.82) is 0 Å². The van der Waals surface area contributed by atoms with Crippen molar-refractivity contribution in [2.75, 3.05) is 25.2 Å². The Bertz CT molecular complexity index is 600. The lowest BCUT2D eigenvalue weighted by Gasteiger charge is -2.35. The van der Waals surface area contributed by atoms with Gasteiger partial charge < -0.3 is 10.1 Å². The zero-order valence-electron chi connectivity index (χ0n) is 14.4. The van der Waals surface area contributed by atoms with E-state index in [1.54, 1.807) is 12.0 Å². The van der Waals surface area contributed by atoms with Gasteiger partial charge in [0.2, 0.25) is 11.8 Å². The predicted molar refractivity (Wildman–Crippen MR) is 90.5 cm³/mol. The number of hydrogen-bond acceptors (Lipinski definition) is 3. The van der Waals surface area contributed by atoms with Crippen molar-refractivity contribution in [3.63, 3.8) is 0 Å². The van der Waals surface area contributed by atoms with Gasteiger partial charge in [-0.3, -0.25) is 14.5 Å². The number of carbonyl (C=O) groups excluding carboxylic acids is 2. The molecule has 0 saturated carbocycles. The van der Waals surface area contributed by atoms with E-state index < -0.39 is 5.54 Å².